The zero-order valence-corrected chi connectivity index (χ0v) is 13.8. The van der Waals surface area contributed by atoms with Gasteiger partial charge in [-0.2, -0.15) is 0 Å². The van der Waals surface area contributed by atoms with Crippen molar-refractivity contribution in [3.63, 3.8) is 0 Å². The monoisotopic (exact) mass is 338 g/mol. The molecule has 0 aliphatic heterocycles. The molecule has 0 heterocycles. The van der Waals surface area contributed by atoms with Crippen LogP contribution in [-0.2, 0) is 0 Å². The van der Waals surface area contributed by atoms with Gasteiger partial charge in [0.05, 0.1) is 6.10 Å². The molecule has 0 fully saturated rings. The summed E-state index contributed by atoms with van der Waals surface area (Å²) in [6.07, 6.45) is 2.88. The van der Waals surface area contributed by atoms with Gasteiger partial charge in [0.15, 0.2) is 0 Å². The normalized spacial score (nSPS) is 12.4. The van der Waals surface area contributed by atoms with Crippen LogP contribution in [0.2, 0.25) is 10.0 Å². The van der Waals surface area contributed by atoms with E-state index in [2.05, 4.69) is 0 Å². The summed E-state index contributed by atoms with van der Waals surface area (Å²) in [6.45, 7) is 0.215. The first kappa shape index (κ1) is 17.3. The third-order valence-electron chi connectivity index (χ3n) is 3.67. The molecule has 2 nitrogen and oxygen atoms in total. The van der Waals surface area contributed by atoms with Gasteiger partial charge in [-0.05, 0) is 36.1 Å². The van der Waals surface area contributed by atoms with Gasteiger partial charge in [-0.25, -0.2) is 0 Å². The minimum Gasteiger partial charge on any atom is -0.396 e. The lowest BCUT2D eigenvalue weighted by Gasteiger charge is -2.12. The summed E-state index contributed by atoms with van der Waals surface area (Å²) >= 11 is 12.1. The van der Waals surface area contributed by atoms with E-state index in [0.29, 0.717) is 16.5 Å². The van der Waals surface area contributed by atoms with Crippen LogP contribution in [0.5, 0.6) is 0 Å². The van der Waals surface area contributed by atoms with Crippen LogP contribution in [0.3, 0.4) is 0 Å². The van der Waals surface area contributed by atoms with Gasteiger partial charge < -0.3 is 10.2 Å². The molecule has 2 aromatic carbocycles. The molecule has 4 heteroatoms. The molecular formula is C18H20Cl2O2. The lowest BCUT2D eigenvalue weighted by molar-refractivity contribution is 0.162. The first-order valence-corrected chi connectivity index (χ1v) is 8.21. The van der Waals surface area contributed by atoms with Crippen LogP contribution >= 0.6 is 23.2 Å². The number of benzene rings is 2. The topological polar surface area (TPSA) is 40.5 Å². The molecule has 0 aromatic heterocycles. The summed E-state index contributed by atoms with van der Waals surface area (Å²) in [6, 6.07) is 13.2. The van der Waals surface area contributed by atoms with Crippen LogP contribution in [0, 0.1) is 0 Å². The van der Waals surface area contributed by atoms with Crippen molar-refractivity contribution < 1.29 is 10.2 Å². The molecule has 0 aliphatic rings. The zero-order chi connectivity index (χ0) is 15.9. The van der Waals surface area contributed by atoms with Gasteiger partial charge in [0.25, 0.3) is 0 Å². The fourth-order valence-electron chi connectivity index (χ4n) is 2.40. The average Bonchev–Trinajstić information content (AvgIpc) is 2.52. The van der Waals surface area contributed by atoms with E-state index in [1.54, 1.807) is 6.07 Å². The van der Waals surface area contributed by atoms with Crippen molar-refractivity contribution in [1.29, 1.82) is 0 Å². The Kier molecular flexibility index (Phi) is 6.71. The summed E-state index contributed by atoms with van der Waals surface area (Å²) in [5, 5.41) is 20.1. The Morgan fingerprint density at radius 3 is 2.27 bits per heavy atom. The molecule has 0 spiro atoms. The molecule has 2 N–H and O–H groups in total. The van der Waals surface area contributed by atoms with Gasteiger partial charge in [0.1, 0.15) is 0 Å². The Balaban J connectivity index is 2.03. The summed E-state index contributed by atoms with van der Waals surface area (Å²) in [5.74, 6) is 0. The number of halogens is 2. The number of aliphatic hydroxyl groups excluding tert-OH is 2. The second-order valence-electron chi connectivity index (χ2n) is 5.33. The van der Waals surface area contributed by atoms with Gasteiger partial charge in [-0.3, -0.25) is 0 Å². The van der Waals surface area contributed by atoms with Crippen molar-refractivity contribution >= 4 is 23.2 Å². The molecule has 0 saturated carbocycles. The van der Waals surface area contributed by atoms with E-state index in [0.717, 1.165) is 36.0 Å². The van der Waals surface area contributed by atoms with Crippen LogP contribution in [0.15, 0.2) is 42.5 Å². The molecule has 1 unspecified atom stereocenters. The average molecular weight is 339 g/mol. The summed E-state index contributed by atoms with van der Waals surface area (Å²) < 4.78 is 0. The first-order chi connectivity index (χ1) is 10.6. The quantitative estimate of drug-likeness (QED) is 0.677. The van der Waals surface area contributed by atoms with Gasteiger partial charge in [0, 0.05) is 22.2 Å². The van der Waals surface area contributed by atoms with Crippen molar-refractivity contribution in [2.75, 3.05) is 6.61 Å². The molecule has 0 aliphatic carbocycles. The van der Waals surface area contributed by atoms with E-state index >= 15 is 0 Å². The van der Waals surface area contributed by atoms with E-state index in [4.69, 9.17) is 28.3 Å². The van der Waals surface area contributed by atoms with Gasteiger partial charge in [0.2, 0.25) is 0 Å². The van der Waals surface area contributed by atoms with Crippen LogP contribution < -0.4 is 0 Å². The van der Waals surface area contributed by atoms with E-state index in [-0.39, 0.29) is 6.61 Å². The van der Waals surface area contributed by atoms with Gasteiger partial charge >= 0.3 is 0 Å². The van der Waals surface area contributed by atoms with E-state index in [1.807, 2.05) is 36.4 Å². The van der Waals surface area contributed by atoms with E-state index in [9.17, 15) is 5.11 Å². The zero-order valence-electron chi connectivity index (χ0n) is 12.3. The SMILES string of the molecule is OCCCCCC(O)c1ccc(-c2ccc(Cl)cc2Cl)cc1. The third-order valence-corrected chi connectivity index (χ3v) is 4.22. The molecule has 0 saturated heterocycles. The van der Waals surface area contributed by atoms with E-state index < -0.39 is 6.10 Å². The molecule has 2 aromatic rings. The number of aliphatic hydroxyl groups is 2. The molecule has 0 radical (unpaired) electrons. The molecular weight excluding hydrogens is 319 g/mol. The summed E-state index contributed by atoms with van der Waals surface area (Å²) in [4.78, 5) is 0. The summed E-state index contributed by atoms with van der Waals surface area (Å²) in [5.41, 5.74) is 2.82. The van der Waals surface area contributed by atoms with Crippen molar-refractivity contribution in [1.82, 2.24) is 0 Å². The maximum Gasteiger partial charge on any atom is 0.0790 e. The number of hydrogen-bond donors (Lipinski definition) is 2. The van der Waals surface area contributed by atoms with Crippen molar-refractivity contribution in [3.05, 3.63) is 58.1 Å². The van der Waals surface area contributed by atoms with Crippen LogP contribution in [0.4, 0.5) is 0 Å². The predicted octanol–water partition coefficient (Wildman–Crippen LogP) is 5.25. The second kappa shape index (κ2) is 8.54. The lowest BCUT2D eigenvalue weighted by Crippen LogP contribution is -1.97. The lowest BCUT2D eigenvalue weighted by atomic mass is 9.99. The minimum atomic E-state index is -0.464. The predicted molar refractivity (Wildman–Crippen MR) is 92.4 cm³/mol. The van der Waals surface area contributed by atoms with Crippen LogP contribution in [0.25, 0.3) is 11.1 Å². The summed E-state index contributed by atoms with van der Waals surface area (Å²) in [7, 11) is 0. The molecule has 22 heavy (non-hydrogen) atoms. The molecule has 118 valence electrons. The highest BCUT2D eigenvalue weighted by Crippen LogP contribution is 2.31. The minimum absolute atomic E-state index is 0.215. The molecule has 2 rings (SSSR count). The van der Waals surface area contributed by atoms with Crippen LogP contribution in [0.1, 0.15) is 37.4 Å². The Labute approximate surface area is 141 Å². The molecule has 0 amide bonds. The number of rotatable bonds is 7. The highest BCUT2D eigenvalue weighted by Gasteiger charge is 2.09. The third kappa shape index (κ3) is 4.72. The standard InChI is InChI=1S/C18H20Cl2O2/c19-15-9-10-16(17(20)12-15)13-5-7-14(8-6-13)18(22)4-2-1-3-11-21/h5-10,12,18,21-22H,1-4,11H2. The highest BCUT2D eigenvalue weighted by molar-refractivity contribution is 6.36. The van der Waals surface area contributed by atoms with Crippen molar-refractivity contribution in [2.24, 2.45) is 0 Å². The molecule has 0 bridgehead atoms. The Bertz CT molecular complexity index is 597. The number of hydrogen-bond acceptors (Lipinski definition) is 2. The van der Waals surface area contributed by atoms with Crippen molar-refractivity contribution in [3.8, 4) is 11.1 Å². The fraction of sp³-hybridized carbons (Fsp3) is 0.333. The maximum atomic E-state index is 10.2. The fourth-order valence-corrected chi connectivity index (χ4v) is 2.92. The maximum absolute atomic E-state index is 10.2. The van der Waals surface area contributed by atoms with Gasteiger partial charge in [-0.15, -0.1) is 0 Å². The van der Waals surface area contributed by atoms with Gasteiger partial charge in [-0.1, -0.05) is 66.4 Å². The molecule has 1 atom stereocenters. The highest BCUT2D eigenvalue weighted by atomic mass is 35.5. The largest absolute Gasteiger partial charge is 0.396 e. The van der Waals surface area contributed by atoms with E-state index in [1.165, 1.54) is 0 Å². The number of unbranched alkanes of at least 4 members (excludes halogenated alkanes) is 2. The second-order valence-corrected chi connectivity index (χ2v) is 6.18. The Morgan fingerprint density at radius 1 is 0.909 bits per heavy atom. The van der Waals surface area contributed by atoms with Crippen molar-refractivity contribution in [2.45, 2.75) is 31.8 Å². The smallest absolute Gasteiger partial charge is 0.0790 e. The van der Waals surface area contributed by atoms with Crippen LogP contribution in [-0.4, -0.2) is 16.8 Å². The Hall–Kier alpha value is -1.06. The first-order valence-electron chi connectivity index (χ1n) is 7.46. The Morgan fingerprint density at radius 2 is 1.64 bits per heavy atom.